The Morgan fingerprint density at radius 1 is 1.42 bits per heavy atom. The number of hydrogen-bond donors (Lipinski definition) is 0. The molecule has 2 atom stereocenters. The molecule has 0 bridgehead atoms. The number of rotatable bonds is 2. The van der Waals surface area contributed by atoms with E-state index in [2.05, 4.69) is 11.8 Å². The molecule has 0 aliphatic carbocycles. The summed E-state index contributed by atoms with van der Waals surface area (Å²) in [7, 11) is 0. The molecule has 3 heteroatoms. The third-order valence-corrected chi connectivity index (χ3v) is 2.40. The van der Waals surface area contributed by atoms with E-state index in [-0.39, 0.29) is 0 Å². The van der Waals surface area contributed by atoms with Gasteiger partial charge in [0.1, 0.15) is 0 Å². The van der Waals surface area contributed by atoms with Gasteiger partial charge in [0.2, 0.25) is 0 Å². The maximum Gasteiger partial charge on any atom is 0.0936 e. The van der Waals surface area contributed by atoms with E-state index >= 15 is 0 Å². The monoisotopic (exact) mass is 171 g/mol. The minimum absolute atomic E-state index is 0.395. The zero-order valence-electron chi connectivity index (χ0n) is 7.66. The molecule has 2 rings (SSSR count). The van der Waals surface area contributed by atoms with Crippen molar-refractivity contribution in [3.63, 3.8) is 0 Å². The maximum atomic E-state index is 5.55. The van der Waals surface area contributed by atoms with Gasteiger partial charge in [-0.2, -0.15) is 0 Å². The molecule has 2 fully saturated rings. The van der Waals surface area contributed by atoms with Crippen LogP contribution >= 0.6 is 0 Å². The molecular weight excluding hydrogens is 154 g/mol. The fourth-order valence-electron chi connectivity index (χ4n) is 1.71. The van der Waals surface area contributed by atoms with Crippen LogP contribution in [0.4, 0.5) is 0 Å². The predicted molar refractivity (Wildman–Crippen MR) is 46.2 cm³/mol. The molecule has 0 aromatic carbocycles. The van der Waals surface area contributed by atoms with Crippen molar-refractivity contribution in [3.05, 3.63) is 0 Å². The van der Waals surface area contributed by atoms with Crippen LogP contribution in [0.15, 0.2) is 0 Å². The van der Waals surface area contributed by atoms with E-state index in [1.807, 2.05) is 0 Å². The fraction of sp³-hybridized carbons (Fsp3) is 1.00. The molecule has 2 unspecified atom stereocenters. The number of epoxide rings is 1. The van der Waals surface area contributed by atoms with Crippen molar-refractivity contribution in [1.29, 1.82) is 0 Å². The average Bonchev–Trinajstić information content (AvgIpc) is 2.80. The summed E-state index contributed by atoms with van der Waals surface area (Å²) in [5.74, 6) is 0. The Kier molecular flexibility index (Phi) is 2.63. The van der Waals surface area contributed by atoms with Crippen LogP contribution in [0.2, 0.25) is 0 Å². The number of hydrogen-bond acceptors (Lipinski definition) is 3. The molecule has 0 amide bonds. The van der Waals surface area contributed by atoms with E-state index in [0.717, 1.165) is 32.7 Å². The van der Waals surface area contributed by atoms with Crippen molar-refractivity contribution >= 4 is 0 Å². The van der Waals surface area contributed by atoms with E-state index in [0.29, 0.717) is 12.2 Å². The zero-order chi connectivity index (χ0) is 8.39. The van der Waals surface area contributed by atoms with E-state index < -0.39 is 0 Å². The third kappa shape index (κ3) is 2.44. The van der Waals surface area contributed by atoms with Crippen molar-refractivity contribution in [1.82, 2.24) is 4.90 Å². The lowest BCUT2D eigenvalue weighted by atomic mass is 10.3. The molecule has 0 radical (unpaired) electrons. The van der Waals surface area contributed by atoms with Gasteiger partial charge in [-0.05, 0) is 13.3 Å². The zero-order valence-corrected chi connectivity index (χ0v) is 7.66. The Labute approximate surface area is 73.6 Å². The Morgan fingerprint density at radius 3 is 3.00 bits per heavy atom. The standard InChI is InChI=1S/C9H17NO2/c1-8-5-10(3-2-4-11-8)6-9-7-12-9/h8-9H,2-7H2,1H3. The molecule has 0 aromatic heterocycles. The van der Waals surface area contributed by atoms with Crippen molar-refractivity contribution in [2.75, 3.05) is 32.8 Å². The largest absolute Gasteiger partial charge is 0.377 e. The van der Waals surface area contributed by atoms with Crippen LogP contribution in [-0.4, -0.2) is 50.0 Å². The van der Waals surface area contributed by atoms with Crippen molar-refractivity contribution in [3.8, 4) is 0 Å². The average molecular weight is 171 g/mol. The minimum Gasteiger partial charge on any atom is -0.377 e. The summed E-state index contributed by atoms with van der Waals surface area (Å²) in [5, 5.41) is 0. The molecule has 70 valence electrons. The minimum atomic E-state index is 0.395. The Morgan fingerprint density at radius 2 is 2.25 bits per heavy atom. The second-order valence-corrected chi connectivity index (χ2v) is 3.75. The van der Waals surface area contributed by atoms with E-state index in [9.17, 15) is 0 Å². The Bertz CT molecular complexity index is 147. The van der Waals surface area contributed by atoms with Crippen LogP contribution in [0.1, 0.15) is 13.3 Å². The van der Waals surface area contributed by atoms with E-state index in [1.54, 1.807) is 0 Å². The van der Waals surface area contributed by atoms with Gasteiger partial charge >= 0.3 is 0 Å². The molecule has 2 heterocycles. The van der Waals surface area contributed by atoms with Gasteiger partial charge in [-0.3, -0.25) is 4.90 Å². The van der Waals surface area contributed by atoms with Crippen molar-refractivity contribution in [2.45, 2.75) is 25.6 Å². The summed E-state index contributed by atoms with van der Waals surface area (Å²) in [5.41, 5.74) is 0. The molecule has 0 saturated carbocycles. The van der Waals surface area contributed by atoms with Crippen LogP contribution < -0.4 is 0 Å². The summed E-state index contributed by atoms with van der Waals surface area (Å²) in [4.78, 5) is 2.45. The number of nitrogens with zero attached hydrogens (tertiary/aromatic N) is 1. The maximum absolute atomic E-state index is 5.55. The summed E-state index contributed by atoms with van der Waals surface area (Å²) in [6, 6.07) is 0. The lowest BCUT2D eigenvalue weighted by molar-refractivity contribution is 0.0668. The summed E-state index contributed by atoms with van der Waals surface area (Å²) in [6.07, 6.45) is 2.08. The van der Waals surface area contributed by atoms with Crippen LogP contribution in [0.5, 0.6) is 0 Å². The summed E-state index contributed by atoms with van der Waals surface area (Å²) >= 11 is 0. The first kappa shape index (κ1) is 8.48. The van der Waals surface area contributed by atoms with Crippen molar-refractivity contribution < 1.29 is 9.47 Å². The van der Waals surface area contributed by atoms with Crippen LogP contribution in [0.3, 0.4) is 0 Å². The summed E-state index contributed by atoms with van der Waals surface area (Å²) in [6.45, 7) is 7.37. The molecule has 12 heavy (non-hydrogen) atoms. The molecular formula is C9H17NO2. The van der Waals surface area contributed by atoms with E-state index in [4.69, 9.17) is 9.47 Å². The van der Waals surface area contributed by atoms with Gasteiger partial charge in [-0.15, -0.1) is 0 Å². The van der Waals surface area contributed by atoms with Gasteiger partial charge in [0.25, 0.3) is 0 Å². The predicted octanol–water partition coefficient (Wildman–Crippen LogP) is 0.496. The SMILES string of the molecule is CC1CN(CC2CO2)CCCO1. The molecule has 2 aliphatic rings. The van der Waals surface area contributed by atoms with Gasteiger partial charge in [-0.25, -0.2) is 0 Å². The molecule has 0 aromatic rings. The summed E-state index contributed by atoms with van der Waals surface area (Å²) < 4.78 is 10.8. The van der Waals surface area contributed by atoms with Gasteiger partial charge < -0.3 is 9.47 Å². The highest BCUT2D eigenvalue weighted by Gasteiger charge is 2.26. The Hall–Kier alpha value is -0.120. The molecule has 3 nitrogen and oxygen atoms in total. The smallest absolute Gasteiger partial charge is 0.0936 e. The molecule has 0 N–H and O–H groups in total. The first-order chi connectivity index (χ1) is 5.84. The first-order valence-corrected chi connectivity index (χ1v) is 4.80. The third-order valence-electron chi connectivity index (χ3n) is 2.40. The van der Waals surface area contributed by atoms with Gasteiger partial charge in [-0.1, -0.05) is 0 Å². The quantitative estimate of drug-likeness (QED) is 0.565. The lowest BCUT2D eigenvalue weighted by Crippen LogP contribution is -2.33. The van der Waals surface area contributed by atoms with Crippen LogP contribution in [-0.2, 0) is 9.47 Å². The molecule has 0 spiro atoms. The van der Waals surface area contributed by atoms with Gasteiger partial charge in [0.05, 0.1) is 18.8 Å². The highest BCUT2D eigenvalue weighted by molar-refractivity contribution is 4.76. The normalized spacial score (nSPS) is 37.8. The highest BCUT2D eigenvalue weighted by atomic mass is 16.6. The molecule has 2 saturated heterocycles. The Balaban J connectivity index is 1.77. The van der Waals surface area contributed by atoms with Crippen molar-refractivity contribution in [2.24, 2.45) is 0 Å². The van der Waals surface area contributed by atoms with Gasteiger partial charge in [0, 0.05) is 26.2 Å². The number of ether oxygens (including phenoxy) is 2. The van der Waals surface area contributed by atoms with E-state index in [1.165, 1.54) is 6.54 Å². The highest BCUT2D eigenvalue weighted by Crippen LogP contribution is 2.13. The van der Waals surface area contributed by atoms with Crippen LogP contribution in [0, 0.1) is 0 Å². The second kappa shape index (κ2) is 3.73. The topological polar surface area (TPSA) is 25.0 Å². The van der Waals surface area contributed by atoms with Gasteiger partial charge in [0.15, 0.2) is 0 Å². The first-order valence-electron chi connectivity index (χ1n) is 4.80. The van der Waals surface area contributed by atoms with Crippen LogP contribution in [0.25, 0.3) is 0 Å². The fourth-order valence-corrected chi connectivity index (χ4v) is 1.71. The molecule has 2 aliphatic heterocycles. The second-order valence-electron chi connectivity index (χ2n) is 3.75. The lowest BCUT2D eigenvalue weighted by Gasteiger charge is -2.20.